The molecule has 3 N–H and O–H groups in total. The number of urea groups is 1. The molecule has 2 bridgehead atoms. The molecule has 1 fully saturated rings. The zero-order chi connectivity index (χ0) is 16.4. The lowest BCUT2D eigenvalue weighted by molar-refractivity contribution is 0.249. The zero-order valence-electron chi connectivity index (χ0n) is 13.0. The predicted octanol–water partition coefficient (Wildman–Crippen LogP) is 2.39. The number of amides is 2. The van der Waals surface area contributed by atoms with Crippen LogP contribution in [0.3, 0.4) is 0 Å². The summed E-state index contributed by atoms with van der Waals surface area (Å²) < 4.78 is 24.8. The zero-order valence-corrected chi connectivity index (χ0v) is 13.8. The molecule has 23 heavy (non-hydrogen) atoms. The van der Waals surface area contributed by atoms with E-state index in [0.717, 1.165) is 12.7 Å². The minimum absolute atomic E-state index is 0.270. The van der Waals surface area contributed by atoms with E-state index in [1.165, 1.54) is 6.42 Å². The summed E-state index contributed by atoms with van der Waals surface area (Å²) >= 11 is 0. The summed E-state index contributed by atoms with van der Waals surface area (Å²) in [6.07, 6.45) is 7.99. The highest BCUT2D eigenvalue weighted by molar-refractivity contribution is 7.92. The van der Waals surface area contributed by atoms with Crippen LogP contribution < -0.4 is 15.4 Å². The molecule has 3 rings (SSSR count). The molecule has 1 aromatic rings. The fourth-order valence-corrected chi connectivity index (χ4v) is 3.96. The number of hydrogen-bond donors (Lipinski definition) is 3. The number of carbonyl (C=O) groups excluding carboxylic acids is 1. The summed E-state index contributed by atoms with van der Waals surface area (Å²) in [6.45, 7) is 0.665. The van der Waals surface area contributed by atoms with Crippen molar-refractivity contribution in [1.82, 2.24) is 5.32 Å². The molecular formula is C16H21N3O3S. The second-order valence-electron chi connectivity index (χ2n) is 6.33. The molecule has 2 amide bonds. The number of carbonyl (C=O) groups is 1. The molecule has 0 saturated heterocycles. The number of allylic oxidation sites excluding steroid dienone is 2. The summed E-state index contributed by atoms with van der Waals surface area (Å²) in [5.41, 5.74) is 0.965. The second kappa shape index (κ2) is 6.23. The van der Waals surface area contributed by atoms with Gasteiger partial charge in [-0.2, -0.15) is 0 Å². The third kappa shape index (κ3) is 4.25. The average molecular weight is 335 g/mol. The molecule has 0 spiro atoms. The van der Waals surface area contributed by atoms with Crippen molar-refractivity contribution in [1.29, 1.82) is 0 Å². The number of benzene rings is 1. The number of rotatable bonds is 5. The Labute approximate surface area is 136 Å². The smallest absolute Gasteiger partial charge is 0.319 e. The summed E-state index contributed by atoms with van der Waals surface area (Å²) in [5.74, 6) is 1.81. The third-order valence-corrected chi connectivity index (χ3v) is 4.97. The van der Waals surface area contributed by atoms with E-state index < -0.39 is 10.0 Å². The molecule has 0 aliphatic heterocycles. The minimum Gasteiger partial charge on any atom is -0.338 e. The number of nitrogens with one attached hydrogen (secondary N) is 3. The maximum atomic E-state index is 12.0. The normalized spacial score (nSPS) is 25.3. The van der Waals surface area contributed by atoms with Gasteiger partial charge in [0.15, 0.2) is 0 Å². The van der Waals surface area contributed by atoms with Crippen molar-refractivity contribution in [2.75, 3.05) is 22.8 Å². The fourth-order valence-electron chi connectivity index (χ4n) is 3.40. The predicted molar refractivity (Wildman–Crippen MR) is 90.8 cm³/mol. The highest BCUT2D eigenvalue weighted by Crippen LogP contribution is 2.42. The molecule has 3 atom stereocenters. The van der Waals surface area contributed by atoms with Gasteiger partial charge in [-0.1, -0.05) is 18.2 Å². The Hall–Kier alpha value is -2.02. The van der Waals surface area contributed by atoms with E-state index in [-0.39, 0.29) is 6.03 Å². The number of sulfonamides is 1. The molecule has 2 aliphatic carbocycles. The van der Waals surface area contributed by atoms with Crippen molar-refractivity contribution < 1.29 is 13.2 Å². The first kappa shape index (κ1) is 15.9. The molecule has 0 heterocycles. The molecular weight excluding hydrogens is 314 g/mol. The average Bonchev–Trinajstić information content (AvgIpc) is 3.06. The fraction of sp³-hybridized carbons (Fsp3) is 0.438. The first-order chi connectivity index (χ1) is 10.9. The van der Waals surface area contributed by atoms with Crippen LogP contribution in [0.5, 0.6) is 0 Å². The standard InChI is InChI=1S/C16H21N3O3S/c1-23(21,22)19-15-4-2-3-14(9-15)18-16(20)17-10-13-8-11-5-6-12(13)7-11/h2-6,9,11-13,19H,7-8,10H2,1H3,(H2,17,18,20)/t11-,12+,13+/m1/s1. The monoisotopic (exact) mass is 335 g/mol. The van der Waals surface area contributed by atoms with Gasteiger partial charge in [-0.25, -0.2) is 13.2 Å². The van der Waals surface area contributed by atoms with Gasteiger partial charge >= 0.3 is 6.03 Å². The minimum atomic E-state index is -3.33. The Morgan fingerprint density at radius 1 is 1.22 bits per heavy atom. The van der Waals surface area contributed by atoms with E-state index in [1.807, 2.05) is 0 Å². The summed E-state index contributed by atoms with van der Waals surface area (Å²) in [6, 6.07) is 6.34. The van der Waals surface area contributed by atoms with Gasteiger partial charge in [-0.05, 0) is 48.8 Å². The Kier molecular flexibility index (Phi) is 4.30. The highest BCUT2D eigenvalue weighted by atomic mass is 32.2. The van der Waals surface area contributed by atoms with Gasteiger partial charge in [0.05, 0.1) is 11.9 Å². The Morgan fingerprint density at radius 3 is 2.65 bits per heavy atom. The molecule has 2 aliphatic rings. The van der Waals surface area contributed by atoms with E-state index in [4.69, 9.17) is 0 Å². The van der Waals surface area contributed by atoms with Crippen LogP contribution in [-0.2, 0) is 10.0 Å². The van der Waals surface area contributed by atoms with E-state index in [1.54, 1.807) is 24.3 Å². The Bertz CT molecular complexity index is 730. The highest BCUT2D eigenvalue weighted by Gasteiger charge is 2.35. The van der Waals surface area contributed by atoms with Crippen molar-refractivity contribution >= 4 is 27.4 Å². The van der Waals surface area contributed by atoms with Crippen LogP contribution in [0.15, 0.2) is 36.4 Å². The molecule has 6 nitrogen and oxygen atoms in total. The van der Waals surface area contributed by atoms with E-state index in [2.05, 4.69) is 27.5 Å². The van der Waals surface area contributed by atoms with E-state index >= 15 is 0 Å². The summed E-state index contributed by atoms with van der Waals surface area (Å²) in [5, 5.41) is 5.64. The summed E-state index contributed by atoms with van der Waals surface area (Å²) in [4.78, 5) is 12.0. The SMILES string of the molecule is CS(=O)(=O)Nc1cccc(NC(=O)NC[C@@H]2C[C@@H]3C=C[C@H]2C3)c1. The first-order valence-corrected chi connectivity index (χ1v) is 9.59. The quantitative estimate of drug-likeness (QED) is 0.722. The van der Waals surface area contributed by atoms with Crippen LogP contribution in [0.2, 0.25) is 0 Å². The third-order valence-electron chi connectivity index (χ3n) is 4.36. The number of hydrogen-bond acceptors (Lipinski definition) is 3. The van der Waals surface area contributed by atoms with Gasteiger partial charge in [0.1, 0.15) is 0 Å². The van der Waals surface area contributed by atoms with Gasteiger partial charge < -0.3 is 10.6 Å². The number of anilines is 2. The van der Waals surface area contributed by atoms with Gasteiger partial charge in [0.2, 0.25) is 10.0 Å². The Morgan fingerprint density at radius 2 is 2.00 bits per heavy atom. The van der Waals surface area contributed by atoms with Crippen LogP contribution >= 0.6 is 0 Å². The molecule has 7 heteroatoms. The topological polar surface area (TPSA) is 87.3 Å². The van der Waals surface area contributed by atoms with Crippen molar-refractivity contribution in [2.24, 2.45) is 17.8 Å². The molecule has 1 aromatic carbocycles. The van der Waals surface area contributed by atoms with E-state index in [0.29, 0.717) is 35.7 Å². The molecule has 0 unspecified atom stereocenters. The maximum Gasteiger partial charge on any atom is 0.319 e. The lowest BCUT2D eigenvalue weighted by Crippen LogP contribution is -2.34. The molecule has 1 saturated carbocycles. The van der Waals surface area contributed by atoms with Crippen molar-refractivity contribution in [3.05, 3.63) is 36.4 Å². The van der Waals surface area contributed by atoms with Crippen molar-refractivity contribution in [2.45, 2.75) is 12.8 Å². The lowest BCUT2D eigenvalue weighted by Gasteiger charge is -2.18. The van der Waals surface area contributed by atoms with Crippen LogP contribution in [0.4, 0.5) is 16.2 Å². The van der Waals surface area contributed by atoms with Crippen LogP contribution in [0, 0.1) is 17.8 Å². The van der Waals surface area contributed by atoms with Gasteiger partial charge in [-0.3, -0.25) is 4.72 Å². The molecule has 0 aromatic heterocycles. The maximum absolute atomic E-state index is 12.0. The Balaban J connectivity index is 1.51. The van der Waals surface area contributed by atoms with Crippen LogP contribution in [0.25, 0.3) is 0 Å². The van der Waals surface area contributed by atoms with E-state index in [9.17, 15) is 13.2 Å². The largest absolute Gasteiger partial charge is 0.338 e. The van der Waals surface area contributed by atoms with Gasteiger partial charge in [0.25, 0.3) is 0 Å². The van der Waals surface area contributed by atoms with Crippen molar-refractivity contribution in [3.63, 3.8) is 0 Å². The molecule has 0 radical (unpaired) electrons. The van der Waals surface area contributed by atoms with Gasteiger partial charge in [0, 0.05) is 12.2 Å². The lowest BCUT2D eigenvalue weighted by atomic mass is 9.94. The van der Waals surface area contributed by atoms with Crippen LogP contribution in [-0.4, -0.2) is 27.2 Å². The molecule has 124 valence electrons. The van der Waals surface area contributed by atoms with Crippen molar-refractivity contribution in [3.8, 4) is 0 Å². The second-order valence-corrected chi connectivity index (χ2v) is 8.08. The number of fused-ring (bicyclic) bond motifs is 2. The summed E-state index contributed by atoms with van der Waals surface area (Å²) in [7, 11) is -3.33. The van der Waals surface area contributed by atoms with Crippen LogP contribution in [0.1, 0.15) is 12.8 Å². The first-order valence-electron chi connectivity index (χ1n) is 7.70. The van der Waals surface area contributed by atoms with Gasteiger partial charge in [-0.15, -0.1) is 0 Å².